The molecule has 2 aliphatic heterocycles. The Balaban J connectivity index is 1.59. The van der Waals surface area contributed by atoms with Crippen molar-refractivity contribution in [1.29, 1.82) is 0 Å². The fourth-order valence-electron chi connectivity index (χ4n) is 2.88. The number of benzene rings is 1. The summed E-state index contributed by atoms with van der Waals surface area (Å²) in [5.74, 6) is 1.46. The first-order chi connectivity index (χ1) is 10.3. The lowest BCUT2D eigenvalue weighted by atomic mass is 10.1. The maximum Gasteiger partial charge on any atom is 0.231 e. The van der Waals surface area contributed by atoms with Crippen LogP contribution in [0.1, 0.15) is 31.4 Å². The van der Waals surface area contributed by atoms with Crippen LogP contribution in [0.3, 0.4) is 0 Å². The number of aliphatic hydroxyl groups excluding tert-OH is 1. The number of hydrogen-bond donors (Lipinski definition) is 1. The molecule has 0 radical (unpaired) electrons. The molecule has 2 aliphatic rings. The quantitative estimate of drug-likeness (QED) is 0.869. The minimum absolute atomic E-state index is 0.259. The molecule has 1 aromatic rings. The third-order valence-electron chi connectivity index (χ3n) is 4.15. The molecule has 0 aromatic heterocycles. The molecule has 0 amide bonds. The first-order valence-electron chi connectivity index (χ1n) is 7.68. The van der Waals surface area contributed by atoms with Gasteiger partial charge in [0, 0.05) is 19.7 Å². The van der Waals surface area contributed by atoms with Gasteiger partial charge in [-0.05, 0) is 37.1 Å². The highest BCUT2D eigenvalue weighted by molar-refractivity contribution is 5.45. The van der Waals surface area contributed by atoms with Crippen LogP contribution in [0.25, 0.3) is 0 Å². The van der Waals surface area contributed by atoms with Crippen LogP contribution in [0, 0.1) is 0 Å². The summed E-state index contributed by atoms with van der Waals surface area (Å²) < 4.78 is 16.3. The van der Waals surface area contributed by atoms with E-state index in [0.717, 1.165) is 43.9 Å². The SMILES string of the molecule is CCN(CC1CCCO1)CC(O)c1ccc2c(c1)OCO2. The van der Waals surface area contributed by atoms with Crippen LogP contribution in [0.5, 0.6) is 11.5 Å². The van der Waals surface area contributed by atoms with Gasteiger partial charge < -0.3 is 19.3 Å². The summed E-state index contributed by atoms with van der Waals surface area (Å²) in [7, 11) is 0. The van der Waals surface area contributed by atoms with E-state index in [4.69, 9.17) is 14.2 Å². The van der Waals surface area contributed by atoms with E-state index < -0.39 is 6.10 Å². The van der Waals surface area contributed by atoms with E-state index in [-0.39, 0.29) is 6.79 Å². The van der Waals surface area contributed by atoms with E-state index >= 15 is 0 Å². The van der Waals surface area contributed by atoms with Crippen molar-refractivity contribution in [2.24, 2.45) is 0 Å². The molecule has 2 unspecified atom stereocenters. The molecule has 0 spiro atoms. The van der Waals surface area contributed by atoms with Crippen LogP contribution in [0.15, 0.2) is 18.2 Å². The van der Waals surface area contributed by atoms with Gasteiger partial charge in [-0.1, -0.05) is 13.0 Å². The Morgan fingerprint density at radius 1 is 1.33 bits per heavy atom. The van der Waals surface area contributed by atoms with Gasteiger partial charge in [0.15, 0.2) is 11.5 Å². The van der Waals surface area contributed by atoms with Crippen LogP contribution in [0.2, 0.25) is 0 Å². The molecule has 0 bridgehead atoms. The number of rotatable bonds is 6. The fraction of sp³-hybridized carbons (Fsp3) is 0.625. The Hall–Kier alpha value is -1.30. The number of aliphatic hydroxyl groups is 1. The van der Waals surface area contributed by atoms with Crippen molar-refractivity contribution < 1.29 is 19.3 Å². The lowest BCUT2D eigenvalue weighted by Crippen LogP contribution is -2.35. The Bertz CT molecular complexity index is 473. The molecule has 3 rings (SSSR count). The molecule has 2 heterocycles. The van der Waals surface area contributed by atoms with Crippen LogP contribution in [-0.4, -0.2) is 49.1 Å². The van der Waals surface area contributed by atoms with Gasteiger partial charge in [0.1, 0.15) is 0 Å². The van der Waals surface area contributed by atoms with Gasteiger partial charge >= 0.3 is 0 Å². The molecule has 1 fully saturated rings. The summed E-state index contributed by atoms with van der Waals surface area (Å²) in [4.78, 5) is 2.24. The minimum atomic E-state index is -0.527. The second-order valence-corrected chi connectivity index (χ2v) is 5.62. The van der Waals surface area contributed by atoms with Gasteiger partial charge in [0.05, 0.1) is 12.2 Å². The van der Waals surface area contributed by atoms with Crippen molar-refractivity contribution in [3.63, 3.8) is 0 Å². The Morgan fingerprint density at radius 3 is 2.95 bits per heavy atom. The largest absolute Gasteiger partial charge is 0.454 e. The van der Waals surface area contributed by atoms with Crippen molar-refractivity contribution in [2.75, 3.05) is 33.0 Å². The lowest BCUT2D eigenvalue weighted by molar-refractivity contribution is 0.0515. The van der Waals surface area contributed by atoms with Crippen LogP contribution in [-0.2, 0) is 4.74 Å². The summed E-state index contributed by atoms with van der Waals surface area (Å²) in [5.41, 5.74) is 0.866. The van der Waals surface area contributed by atoms with E-state index in [1.807, 2.05) is 18.2 Å². The van der Waals surface area contributed by atoms with Crippen molar-refractivity contribution in [1.82, 2.24) is 4.90 Å². The van der Waals surface area contributed by atoms with E-state index in [0.29, 0.717) is 18.4 Å². The molecule has 21 heavy (non-hydrogen) atoms. The summed E-state index contributed by atoms with van der Waals surface area (Å²) in [6.45, 7) is 5.64. The first-order valence-corrected chi connectivity index (χ1v) is 7.68. The van der Waals surface area contributed by atoms with Gasteiger partial charge in [-0.25, -0.2) is 0 Å². The standard InChI is InChI=1S/C16H23NO4/c1-2-17(9-13-4-3-7-19-13)10-14(18)12-5-6-15-16(8-12)21-11-20-15/h5-6,8,13-14,18H,2-4,7,9-11H2,1H3. The van der Waals surface area contributed by atoms with Crippen LogP contribution >= 0.6 is 0 Å². The average molecular weight is 293 g/mol. The van der Waals surface area contributed by atoms with Crippen molar-refractivity contribution >= 4 is 0 Å². The summed E-state index contributed by atoms with van der Waals surface area (Å²) in [6.07, 6.45) is 2.05. The third-order valence-corrected chi connectivity index (χ3v) is 4.15. The number of likely N-dealkylation sites (N-methyl/N-ethyl adjacent to an activating group) is 1. The second kappa shape index (κ2) is 6.64. The Morgan fingerprint density at radius 2 is 2.19 bits per heavy atom. The zero-order valence-corrected chi connectivity index (χ0v) is 12.5. The topological polar surface area (TPSA) is 51.2 Å². The van der Waals surface area contributed by atoms with Gasteiger partial charge in [0.25, 0.3) is 0 Å². The molecule has 116 valence electrons. The van der Waals surface area contributed by atoms with Gasteiger partial charge in [-0.3, -0.25) is 4.90 Å². The predicted octanol–water partition coefficient (Wildman–Crippen LogP) is 1.95. The zero-order chi connectivity index (χ0) is 14.7. The van der Waals surface area contributed by atoms with Crippen molar-refractivity contribution in [2.45, 2.75) is 32.0 Å². The second-order valence-electron chi connectivity index (χ2n) is 5.62. The third kappa shape index (κ3) is 3.48. The highest BCUT2D eigenvalue weighted by Gasteiger charge is 2.22. The van der Waals surface area contributed by atoms with E-state index in [1.165, 1.54) is 0 Å². The molecule has 5 nitrogen and oxygen atoms in total. The first kappa shape index (κ1) is 14.6. The van der Waals surface area contributed by atoms with Gasteiger partial charge in [-0.2, -0.15) is 0 Å². The molecule has 1 aromatic carbocycles. The van der Waals surface area contributed by atoms with Crippen molar-refractivity contribution in [3.05, 3.63) is 23.8 Å². The van der Waals surface area contributed by atoms with Crippen molar-refractivity contribution in [3.8, 4) is 11.5 Å². The fourth-order valence-corrected chi connectivity index (χ4v) is 2.88. The number of hydrogen-bond acceptors (Lipinski definition) is 5. The summed E-state index contributed by atoms with van der Waals surface area (Å²) in [6, 6.07) is 5.63. The molecule has 5 heteroatoms. The monoisotopic (exact) mass is 293 g/mol. The van der Waals surface area contributed by atoms with E-state index in [1.54, 1.807) is 0 Å². The number of fused-ring (bicyclic) bond motifs is 1. The maximum atomic E-state index is 10.4. The van der Waals surface area contributed by atoms with E-state index in [2.05, 4.69) is 11.8 Å². The lowest BCUT2D eigenvalue weighted by Gasteiger charge is -2.26. The minimum Gasteiger partial charge on any atom is -0.454 e. The number of nitrogens with zero attached hydrogens (tertiary/aromatic N) is 1. The number of ether oxygens (including phenoxy) is 3. The molecule has 0 aliphatic carbocycles. The van der Waals surface area contributed by atoms with Gasteiger partial charge in [0.2, 0.25) is 6.79 Å². The maximum absolute atomic E-state index is 10.4. The smallest absolute Gasteiger partial charge is 0.231 e. The van der Waals surface area contributed by atoms with Crippen LogP contribution in [0.4, 0.5) is 0 Å². The molecule has 1 N–H and O–H groups in total. The summed E-state index contributed by atoms with van der Waals surface area (Å²) >= 11 is 0. The van der Waals surface area contributed by atoms with E-state index in [9.17, 15) is 5.11 Å². The highest BCUT2D eigenvalue weighted by Crippen LogP contribution is 2.34. The molecule has 2 atom stereocenters. The normalized spacial score (nSPS) is 22.0. The molecule has 0 saturated carbocycles. The zero-order valence-electron chi connectivity index (χ0n) is 12.5. The Labute approximate surface area is 125 Å². The van der Waals surface area contributed by atoms with Gasteiger partial charge in [-0.15, -0.1) is 0 Å². The predicted molar refractivity (Wildman–Crippen MR) is 78.6 cm³/mol. The Kier molecular flexibility index (Phi) is 4.63. The highest BCUT2D eigenvalue weighted by atomic mass is 16.7. The average Bonchev–Trinajstić information content (AvgIpc) is 3.16. The molecular formula is C16H23NO4. The molecular weight excluding hydrogens is 270 g/mol. The van der Waals surface area contributed by atoms with Crippen LogP contribution < -0.4 is 9.47 Å². The summed E-state index contributed by atoms with van der Waals surface area (Å²) in [5, 5.41) is 10.4. The molecule has 1 saturated heterocycles.